The molecule has 2 heterocycles. The number of hydrogen-bond acceptors (Lipinski definition) is 4. The third-order valence-electron chi connectivity index (χ3n) is 3.50. The molecule has 0 unspecified atom stereocenters. The summed E-state index contributed by atoms with van der Waals surface area (Å²) in [5, 5.41) is 0.258. The molecule has 0 N–H and O–H groups in total. The summed E-state index contributed by atoms with van der Waals surface area (Å²) in [6.45, 7) is 8.64. The van der Waals surface area contributed by atoms with Crippen molar-refractivity contribution in [3.8, 4) is 0 Å². The van der Waals surface area contributed by atoms with Gasteiger partial charge in [0.15, 0.2) is 5.69 Å². The number of rotatable bonds is 2. The maximum Gasteiger partial charge on any atom is 0.274 e. The van der Waals surface area contributed by atoms with Gasteiger partial charge in [0, 0.05) is 35.6 Å². The second-order valence-electron chi connectivity index (χ2n) is 6.12. The van der Waals surface area contributed by atoms with Gasteiger partial charge in [0.1, 0.15) is 5.82 Å². The van der Waals surface area contributed by atoms with Gasteiger partial charge in [-0.25, -0.2) is 9.97 Å². The van der Waals surface area contributed by atoms with Crippen LogP contribution in [-0.2, 0) is 10.8 Å². The highest BCUT2D eigenvalue weighted by atomic mass is 35.5. The number of carbonyl (C=O) groups is 1. The van der Waals surface area contributed by atoms with E-state index in [4.69, 9.17) is 11.6 Å². The summed E-state index contributed by atoms with van der Waals surface area (Å²) in [4.78, 5) is 22.8. The molecular weight excluding hydrogens is 310 g/mol. The highest BCUT2D eigenvalue weighted by molar-refractivity contribution is 7.86. The molecule has 0 aliphatic carbocycles. The molecule has 0 saturated carbocycles. The van der Waals surface area contributed by atoms with Crippen LogP contribution in [0.25, 0.3) is 0 Å². The molecule has 1 aliphatic heterocycles. The Morgan fingerprint density at radius 2 is 2.14 bits per heavy atom. The Labute approximate surface area is 132 Å². The first kappa shape index (κ1) is 16.4. The molecule has 21 heavy (non-hydrogen) atoms. The van der Waals surface area contributed by atoms with Crippen molar-refractivity contribution < 1.29 is 9.00 Å². The van der Waals surface area contributed by atoms with Crippen LogP contribution in [0.4, 0.5) is 0 Å². The van der Waals surface area contributed by atoms with Gasteiger partial charge in [-0.2, -0.15) is 0 Å². The van der Waals surface area contributed by atoms with Gasteiger partial charge in [0.2, 0.25) is 0 Å². The van der Waals surface area contributed by atoms with Crippen LogP contribution in [0.1, 0.15) is 49.9 Å². The van der Waals surface area contributed by atoms with Gasteiger partial charge >= 0.3 is 0 Å². The predicted octanol–water partition coefficient (Wildman–Crippen LogP) is 2.24. The van der Waals surface area contributed by atoms with Crippen LogP contribution in [0.15, 0.2) is 6.20 Å². The van der Waals surface area contributed by atoms with Crippen molar-refractivity contribution in [2.75, 3.05) is 18.8 Å². The molecule has 1 fully saturated rings. The standard InChI is InChI=1S/C14H20ClN3O2S/c1-9(2)12-16-7-10(15)11(17-12)13(19)18-5-6-21(20)14(3,4)8-18/h7,9H,5-6,8H2,1-4H3/t21-/m0/s1. The molecular formula is C14H20ClN3O2S. The molecule has 1 atom stereocenters. The number of halogens is 1. The largest absolute Gasteiger partial charge is 0.335 e. The van der Waals surface area contributed by atoms with E-state index in [2.05, 4.69) is 9.97 Å². The van der Waals surface area contributed by atoms with Gasteiger partial charge in [-0.15, -0.1) is 0 Å². The molecule has 1 aliphatic rings. The summed E-state index contributed by atoms with van der Waals surface area (Å²) in [5.74, 6) is 0.995. The number of hydrogen-bond donors (Lipinski definition) is 0. The average Bonchev–Trinajstić information content (AvgIpc) is 2.41. The molecule has 1 saturated heterocycles. The highest BCUT2D eigenvalue weighted by Gasteiger charge is 2.36. The minimum atomic E-state index is -0.921. The van der Waals surface area contributed by atoms with Gasteiger partial charge in [0.05, 0.1) is 16.0 Å². The summed E-state index contributed by atoms with van der Waals surface area (Å²) in [6.07, 6.45) is 1.48. The Morgan fingerprint density at radius 3 is 2.71 bits per heavy atom. The van der Waals surface area contributed by atoms with E-state index in [0.29, 0.717) is 24.7 Å². The SMILES string of the molecule is CC(C)c1ncc(Cl)c(C(=O)N2CC[S@](=O)C(C)(C)C2)n1. The van der Waals surface area contributed by atoms with E-state index in [1.807, 2.05) is 27.7 Å². The lowest BCUT2D eigenvalue weighted by atomic mass is 10.1. The fourth-order valence-corrected chi connectivity index (χ4v) is 3.62. The van der Waals surface area contributed by atoms with Crippen molar-refractivity contribution >= 4 is 28.3 Å². The van der Waals surface area contributed by atoms with Crippen molar-refractivity contribution in [2.45, 2.75) is 38.4 Å². The summed E-state index contributed by atoms with van der Waals surface area (Å²) in [6, 6.07) is 0. The number of nitrogens with zero attached hydrogens (tertiary/aromatic N) is 3. The Balaban J connectivity index is 2.28. The van der Waals surface area contributed by atoms with E-state index in [1.54, 1.807) is 4.90 Å². The molecule has 1 aromatic rings. The van der Waals surface area contributed by atoms with Crippen molar-refractivity contribution in [1.29, 1.82) is 0 Å². The van der Waals surface area contributed by atoms with E-state index in [1.165, 1.54) is 6.20 Å². The van der Waals surface area contributed by atoms with Crippen molar-refractivity contribution in [2.24, 2.45) is 0 Å². The lowest BCUT2D eigenvalue weighted by Crippen LogP contribution is -2.52. The quantitative estimate of drug-likeness (QED) is 0.834. The number of aromatic nitrogens is 2. The van der Waals surface area contributed by atoms with Gasteiger partial charge in [-0.05, 0) is 13.8 Å². The normalized spacial score (nSPS) is 21.6. The Hall–Kier alpha value is -1.01. The van der Waals surface area contributed by atoms with Gasteiger partial charge in [-0.3, -0.25) is 9.00 Å². The van der Waals surface area contributed by atoms with E-state index in [9.17, 15) is 9.00 Å². The molecule has 116 valence electrons. The molecule has 1 amide bonds. The summed E-state index contributed by atoms with van der Waals surface area (Å²) < 4.78 is 11.5. The zero-order chi connectivity index (χ0) is 15.8. The second-order valence-corrected chi connectivity index (χ2v) is 8.73. The van der Waals surface area contributed by atoms with Crippen LogP contribution in [0.2, 0.25) is 5.02 Å². The van der Waals surface area contributed by atoms with Crippen LogP contribution < -0.4 is 0 Å². The first-order chi connectivity index (χ1) is 9.72. The first-order valence-corrected chi connectivity index (χ1v) is 8.62. The van der Waals surface area contributed by atoms with Crippen LogP contribution in [0.5, 0.6) is 0 Å². The Kier molecular flexibility index (Phi) is 4.68. The molecule has 7 heteroatoms. The Bertz CT molecular complexity index is 590. The Morgan fingerprint density at radius 1 is 1.48 bits per heavy atom. The van der Waals surface area contributed by atoms with E-state index >= 15 is 0 Å². The average molecular weight is 330 g/mol. The third-order valence-corrected chi connectivity index (χ3v) is 5.70. The van der Waals surface area contributed by atoms with Crippen LogP contribution in [-0.4, -0.2) is 48.6 Å². The lowest BCUT2D eigenvalue weighted by molar-refractivity contribution is 0.0739. The fraction of sp³-hybridized carbons (Fsp3) is 0.643. The lowest BCUT2D eigenvalue weighted by Gasteiger charge is -2.37. The van der Waals surface area contributed by atoms with Crippen molar-refractivity contribution in [1.82, 2.24) is 14.9 Å². The smallest absolute Gasteiger partial charge is 0.274 e. The maximum atomic E-state index is 12.6. The van der Waals surface area contributed by atoms with Gasteiger partial charge in [0.25, 0.3) is 5.91 Å². The highest BCUT2D eigenvalue weighted by Crippen LogP contribution is 2.24. The first-order valence-electron chi connectivity index (χ1n) is 6.92. The molecule has 2 rings (SSSR count). The van der Waals surface area contributed by atoms with Gasteiger partial charge in [-0.1, -0.05) is 25.4 Å². The molecule has 5 nitrogen and oxygen atoms in total. The van der Waals surface area contributed by atoms with Crippen LogP contribution >= 0.6 is 11.6 Å². The molecule has 0 radical (unpaired) electrons. The summed E-state index contributed by atoms with van der Waals surface area (Å²) in [5.41, 5.74) is 0.235. The fourth-order valence-electron chi connectivity index (χ4n) is 2.21. The summed E-state index contributed by atoms with van der Waals surface area (Å²) in [7, 11) is -0.921. The van der Waals surface area contributed by atoms with E-state index < -0.39 is 15.5 Å². The molecule has 0 aromatic carbocycles. The zero-order valence-electron chi connectivity index (χ0n) is 12.7. The minimum absolute atomic E-state index is 0.124. The van der Waals surface area contributed by atoms with Crippen molar-refractivity contribution in [3.05, 3.63) is 22.7 Å². The monoisotopic (exact) mass is 329 g/mol. The minimum Gasteiger partial charge on any atom is -0.335 e. The van der Waals surface area contributed by atoms with Crippen LogP contribution in [0, 0.1) is 0 Å². The molecule has 0 bridgehead atoms. The van der Waals surface area contributed by atoms with E-state index in [-0.39, 0.29) is 22.5 Å². The topological polar surface area (TPSA) is 63.2 Å². The predicted molar refractivity (Wildman–Crippen MR) is 84.1 cm³/mol. The zero-order valence-corrected chi connectivity index (χ0v) is 14.3. The van der Waals surface area contributed by atoms with Crippen LogP contribution in [0.3, 0.4) is 0 Å². The van der Waals surface area contributed by atoms with Crippen molar-refractivity contribution in [3.63, 3.8) is 0 Å². The molecule has 0 spiro atoms. The summed E-state index contributed by atoms with van der Waals surface area (Å²) >= 11 is 6.08. The second kappa shape index (κ2) is 6.01. The number of carbonyl (C=O) groups excluding carboxylic acids is 1. The van der Waals surface area contributed by atoms with Gasteiger partial charge < -0.3 is 4.90 Å². The molecule has 1 aromatic heterocycles. The van der Waals surface area contributed by atoms with E-state index in [0.717, 1.165) is 0 Å². The third kappa shape index (κ3) is 3.43. The number of amides is 1. The maximum absolute atomic E-state index is 12.6.